The molecule has 5 rings (SSSR count). The molecule has 2 heterocycles. The van der Waals surface area contributed by atoms with E-state index < -0.39 is 0 Å². The van der Waals surface area contributed by atoms with Crippen molar-refractivity contribution in [2.45, 2.75) is 5.16 Å². The normalized spacial score (nSPS) is 12.4. The molecule has 3 aromatic carbocycles. The summed E-state index contributed by atoms with van der Waals surface area (Å²) in [6.45, 7) is 0.969. The van der Waals surface area contributed by atoms with E-state index in [2.05, 4.69) is 10.3 Å². The number of rotatable bonds is 6. The highest BCUT2D eigenvalue weighted by atomic mass is 32.2. The number of carbonyl (C=O) groups excluding carboxylic acids is 1. The highest BCUT2D eigenvalue weighted by molar-refractivity contribution is 7.99. The average Bonchev–Trinajstić information content (AvgIpc) is 2.87. The van der Waals surface area contributed by atoms with Gasteiger partial charge in [-0.05, 0) is 36.4 Å². The molecule has 0 fully saturated rings. The fourth-order valence-corrected chi connectivity index (χ4v) is 4.49. The molecule has 0 saturated carbocycles. The zero-order chi connectivity index (χ0) is 23.5. The van der Waals surface area contributed by atoms with Gasteiger partial charge < -0.3 is 19.5 Å². The molecule has 0 spiro atoms. The van der Waals surface area contributed by atoms with Crippen molar-refractivity contribution < 1.29 is 19.0 Å². The van der Waals surface area contributed by atoms with Crippen LogP contribution in [0.3, 0.4) is 0 Å². The van der Waals surface area contributed by atoms with Crippen molar-refractivity contribution in [1.82, 2.24) is 9.55 Å². The van der Waals surface area contributed by atoms with Gasteiger partial charge in [0.15, 0.2) is 16.7 Å². The molecular weight excluding hydrogens is 454 g/mol. The Kier molecular flexibility index (Phi) is 6.09. The van der Waals surface area contributed by atoms with Crippen molar-refractivity contribution in [2.75, 3.05) is 31.4 Å². The first-order chi connectivity index (χ1) is 16.6. The number of nitrogens with one attached hydrogen (secondary N) is 1. The number of carbonyl (C=O) groups is 1. The Hall–Kier alpha value is -3.98. The lowest BCUT2D eigenvalue weighted by Gasteiger charge is -2.19. The van der Waals surface area contributed by atoms with E-state index in [1.807, 2.05) is 18.2 Å². The van der Waals surface area contributed by atoms with Crippen LogP contribution >= 0.6 is 11.8 Å². The van der Waals surface area contributed by atoms with Gasteiger partial charge >= 0.3 is 0 Å². The van der Waals surface area contributed by atoms with Crippen LogP contribution in [0.4, 0.5) is 5.69 Å². The molecule has 1 N–H and O–H groups in total. The van der Waals surface area contributed by atoms with Crippen LogP contribution in [0.15, 0.2) is 76.7 Å². The molecule has 4 aromatic rings. The molecule has 1 amide bonds. The number of hydrogen-bond donors (Lipinski definition) is 1. The van der Waals surface area contributed by atoms with Gasteiger partial charge in [0.05, 0.1) is 29.5 Å². The Balaban J connectivity index is 1.44. The quantitative estimate of drug-likeness (QED) is 0.334. The van der Waals surface area contributed by atoms with Crippen LogP contribution in [0.2, 0.25) is 0 Å². The van der Waals surface area contributed by atoms with Crippen molar-refractivity contribution in [3.63, 3.8) is 0 Å². The zero-order valence-electron chi connectivity index (χ0n) is 18.3. The van der Waals surface area contributed by atoms with E-state index in [4.69, 9.17) is 14.2 Å². The van der Waals surface area contributed by atoms with Gasteiger partial charge in [-0.15, -0.1) is 0 Å². The van der Waals surface area contributed by atoms with Gasteiger partial charge in [0, 0.05) is 11.8 Å². The predicted octanol–water partition coefficient (Wildman–Crippen LogP) is 3.90. The Morgan fingerprint density at radius 2 is 1.82 bits per heavy atom. The van der Waals surface area contributed by atoms with Crippen LogP contribution < -0.4 is 25.1 Å². The standard InChI is InChI=1S/C25H21N3O5S/c1-31-20-9-5-4-8-19(20)28-24(30)17-6-2-3-7-18(17)27-25(28)34-15-23(29)26-16-10-11-21-22(14-16)33-13-12-32-21/h2-11,14H,12-13,15H2,1H3,(H,26,29). The lowest BCUT2D eigenvalue weighted by molar-refractivity contribution is -0.113. The summed E-state index contributed by atoms with van der Waals surface area (Å²) in [5, 5.41) is 3.74. The third-order valence-electron chi connectivity index (χ3n) is 5.23. The molecule has 1 aliphatic rings. The van der Waals surface area contributed by atoms with E-state index >= 15 is 0 Å². The zero-order valence-corrected chi connectivity index (χ0v) is 19.1. The van der Waals surface area contributed by atoms with Gasteiger partial charge in [-0.25, -0.2) is 4.98 Å². The molecule has 34 heavy (non-hydrogen) atoms. The fourth-order valence-electron chi connectivity index (χ4n) is 3.68. The summed E-state index contributed by atoms with van der Waals surface area (Å²) in [5.41, 5.74) is 1.49. The number of thioether (sulfide) groups is 1. The smallest absolute Gasteiger partial charge is 0.266 e. The number of fused-ring (bicyclic) bond motifs is 2. The topological polar surface area (TPSA) is 91.7 Å². The summed E-state index contributed by atoms with van der Waals surface area (Å²) < 4.78 is 18.1. The first kappa shape index (κ1) is 21.8. The molecule has 8 nitrogen and oxygen atoms in total. The van der Waals surface area contributed by atoms with Gasteiger partial charge in [-0.1, -0.05) is 36.0 Å². The van der Waals surface area contributed by atoms with Crippen molar-refractivity contribution in [2.24, 2.45) is 0 Å². The van der Waals surface area contributed by atoms with Gasteiger partial charge in [-0.2, -0.15) is 0 Å². The molecule has 1 aromatic heterocycles. The summed E-state index contributed by atoms with van der Waals surface area (Å²) in [6.07, 6.45) is 0. The maximum atomic E-state index is 13.4. The Bertz CT molecular complexity index is 1440. The van der Waals surface area contributed by atoms with E-state index in [-0.39, 0.29) is 17.2 Å². The van der Waals surface area contributed by atoms with Crippen LogP contribution in [0.25, 0.3) is 16.6 Å². The van der Waals surface area contributed by atoms with Crippen molar-refractivity contribution in [3.05, 3.63) is 77.1 Å². The average molecular weight is 476 g/mol. The second-order valence-electron chi connectivity index (χ2n) is 7.42. The summed E-state index contributed by atoms with van der Waals surface area (Å²) in [4.78, 5) is 30.8. The first-order valence-corrected chi connectivity index (χ1v) is 11.6. The van der Waals surface area contributed by atoms with Gasteiger partial charge in [0.2, 0.25) is 5.91 Å². The van der Waals surface area contributed by atoms with E-state index in [9.17, 15) is 9.59 Å². The number of para-hydroxylation sites is 3. The molecule has 0 atom stereocenters. The Morgan fingerprint density at radius 1 is 1.06 bits per heavy atom. The molecule has 0 unspecified atom stereocenters. The fraction of sp³-hybridized carbons (Fsp3) is 0.160. The molecular formula is C25H21N3O5S. The van der Waals surface area contributed by atoms with Gasteiger partial charge in [-0.3, -0.25) is 14.2 Å². The second kappa shape index (κ2) is 9.48. The minimum Gasteiger partial charge on any atom is -0.495 e. The maximum Gasteiger partial charge on any atom is 0.266 e. The molecule has 0 saturated heterocycles. The van der Waals surface area contributed by atoms with Crippen molar-refractivity contribution >= 4 is 34.3 Å². The number of ether oxygens (including phenoxy) is 3. The predicted molar refractivity (Wildman–Crippen MR) is 131 cm³/mol. The van der Waals surface area contributed by atoms with E-state index in [1.165, 1.54) is 16.3 Å². The van der Waals surface area contributed by atoms with E-state index in [0.717, 1.165) is 0 Å². The van der Waals surface area contributed by atoms with Crippen LogP contribution in [0.5, 0.6) is 17.2 Å². The SMILES string of the molecule is COc1ccccc1-n1c(SCC(=O)Nc2ccc3c(c2)OCCO3)nc2ccccc2c1=O. The lowest BCUT2D eigenvalue weighted by atomic mass is 10.2. The number of benzene rings is 3. The number of aromatic nitrogens is 2. The summed E-state index contributed by atoms with van der Waals surface area (Å²) in [6, 6.07) is 19.6. The molecule has 1 aliphatic heterocycles. The van der Waals surface area contributed by atoms with Gasteiger partial charge in [0.1, 0.15) is 19.0 Å². The molecule has 0 radical (unpaired) electrons. The first-order valence-electron chi connectivity index (χ1n) is 10.6. The maximum absolute atomic E-state index is 13.4. The van der Waals surface area contributed by atoms with Gasteiger partial charge in [0.25, 0.3) is 5.56 Å². The molecule has 9 heteroatoms. The van der Waals surface area contributed by atoms with Crippen LogP contribution in [-0.4, -0.2) is 41.5 Å². The number of amides is 1. The highest BCUT2D eigenvalue weighted by Crippen LogP contribution is 2.33. The summed E-state index contributed by atoms with van der Waals surface area (Å²) >= 11 is 1.17. The molecule has 0 aliphatic carbocycles. The number of methoxy groups -OCH3 is 1. The minimum atomic E-state index is -0.240. The lowest BCUT2D eigenvalue weighted by Crippen LogP contribution is -2.23. The third kappa shape index (κ3) is 4.29. The largest absolute Gasteiger partial charge is 0.495 e. The monoisotopic (exact) mass is 475 g/mol. The highest BCUT2D eigenvalue weighted by Gasteiger charge is 2.18. The van der Waals surface area contributed by atoms with Crippen LogP contribution in [-0.2, 0) is 4.79 Å². The minimum absolute atomic E-state index is 0.0500. The Labute approximate surface area is 199 Å². The van der Waals surface area contributed by atoms with E-state index in [0.29, 0.717) is 57.9 Å². The van der Waals surface area contributed by atoms with Crippen LogP contribution in [0, 0.1) is 0 Å². The summed E-state index contributed by atoms with van der Waals surface area (Å²) in [5.74, 6) is 1.59. The van der Waals surface area contributed by atoms with Crippen molar-refractivity contribution in [1.29, 1.82) is 0 Å². The number of anilines is 1. The molecule has 172 valence electrons. The third-order valence-corrected chi connectivity index (χ3v) is 6.17. The summed E-state index contributed by atoms with van der Waals surface area (Å²) in [7, 11) is 1.55. The number of nitrogens with zero attached hydrogens (tertiary/aromatic N) is 2. The number of hydrogen-bond acceptors (Lipinski definition) is 7. The second-order valence-corrected chi connectivity index (χ2v) is 8.36. The van der Waals surface area contributed by atoms with Crippen LogP contribution in [0.1, 0.15) is 0 Å². The Morgan fingerprint density at radius 3 is 2.68 bits per heavy atom. The molecule has 0 bridgehead atoms. The van der Waals surface area contributed by atoms with E-state index in [1.54, 1.807) is 55.6 Å². The van der Waals surface area contributed by atoms with Crippen molar-refractivity contribution in [3.8, 4) is 22.9 Å².